The SMILES string of the molecule is CCC(C)Oc1cccc2cc(-c3nc4cc5c(cc4n3C)CCN(CCCF)C5=O)n(CC3CC3)c12. The smallest absolute Gasteiger partial charge is 0.254 e. The van der Waals surface area contributed by atoms with Crippen LogP contribution in [0.3, 0.4) is 0 Å². The number of para-hydroxylation sites is 1. The maximum absolute atomic E-state index is 13.1. The van der Waals surface area contributed by atoms with Gasteiger partial charge in [-0.3, -0.25) is 9.18 Å². The number of amides is 1. The van der Waals surface area contributed by atoms with Crippen molar-refractivity contribution < 1.29 is 13.9 Å². The van der Waals surface area contributed by atoms with E-state index >= 15 is 0 Å². The Hall–Kier alpha value is -3.35. The quantitative estimate of drug-likeness (QED) is 0.276. The molecule has 1 saturated carbocycles. The molecule has 4 aromatic rings. The summed E-state index contributed by atoms with van der Waals surface area (Å²) in [4.78, 5) is 20.0. The fourth-order valence-electron chi connectivity index (χ4n) is 5.53. The number of carbonyl (C=O) groups excluding carboxylic acids is 1. The summed E-state index contributed by atoms with van der Waals surface area (Å²) in [6.07, 6.45) is 4.76. The van der Waals surface area contributed by atoms with Crippen molar-refractivity contribution in [3.8, 4) is 17.3 Å². The van der Waals surface area contributed by atoms with E-state index in [4.69, 9.17) is 9.72 Å². The Morgan fingerprint density at radius 2 is 2.05 bits per heavy atom. The van der Waals surface area contributed by atoms with Crippen molar-refractivity contribution in [2.75, 3.05) is 19.8 Å². The van der Waals surface area contributed by atoms with Gasteiger partial charge in [-0.05, 0) is 74.8 Å². The molecule has 1 aliphatic carbocycles. The largest absolute Gasteiger partial charge is 0.489 e. The van der Waals surface area contributed by atoms with Crippen LogP contribution in [0, 0.1) is 5.92 Å². The molecular weight excluding hydrogens is 467 g/mol. The Labute approximate surface area is 217 Å². The number of imidazole rings is 1. The fourth-order valence-corrected chi connectivity index (χ4v) is 5.53. The molecule has 3 heterocycles. The van der Waals surface area contributed by atoms with E-state index in [-0.39, 0.29) is 12.0 Å². The monoisotopic (exact) mass is 502 g/mol. The Balaban J connectivity index is 1.47. The first kappa shape index (κ1) is 24.0. The summed E-state index contributed by atoms with van der Waals surface area (Å²) in [6, 6.07) is 12.6. The van der Waals surface area contributed by atoms with Crippen molar-refractivity contribution in [3.63, 3.8) is 0 Å². The molecule has 1 atom stereocenters. The van der Waals surface area contributed by atoms with E-state index in [9.17, 15) is 9.18 Å². The van der Waals surface area contributed by atoms with E-state index in [1.54, 1.807) is 4.90 Å². The molecule has 1 fully saturated rings. The Bertz CT molecular complexity index is 1480. The third-order valence-electron chi connectivity index (χ3n) is 7.99. The van der Waals surface area contributed by atoms with Crippen LogP contribution in [0.4, 0.5) is 4.39 Å². The molecule has 2 aromatic carbocycles. The van der Waals surface area contributed by atoms with Gasteiger partial charge in [-0.2, -0.15) is 0 Å². The number of carbonyl (C=O) groups is 1. The zero-order valence-electron chi connectivity index (χ0n) is 22.0. The molecule has 2 aromatic heterocycles. The molecule has 0 radical (unpaired) electrons. The summed E-state index contributed by atoms with van der Waals surface area (Å²) < 4.78 is 23.6. The highest BCUT2D eigenvalue weighted by atomic mass is 19.1. The van der Waals surface area contributed by atoms with Gasteiger partial charge in [-0.1, -0.05) is 19.1 Å². The van der Waals surface area contributed by atoms with Crippen LogP contribution in [0.15, 0.2) is 36.4 Å². The maximum Gasteiger partial charge on any atom is 0.254 e. The molecule has 0 saturated heterocycles. The molecule has 0 bridgehead atoms. The molecular formula is C30H35FN4O2. The van der Waals surface area contributed by atoms with E-state index in [1.807, 2.05) is 6.07 Å². The van der Waals surface area contributed by atoms with Crippen LogP contribution in [-0.4, -0.2) is 50.8 Å². The van der Waals surface area contributed by atoms with Crippen molar-refractivity contribution in [1.29, 1.82) is 0 Å². The van der Waals surface area contributed by atoms with Gasteiger partial charge in [0.05, 0.1) is 35.0 Å². The number of nitrogens with zero attached hydrogens (tertiary/aromatic N) is 4. The first-order valence-electron chi connectivity index (χ1n) is 13.6. The van der Waals surface area contributed by atoms with Crippen LogP contribution < -0.4 is 4.74 Å². The summed E-state index contributed by atoms with van der Waals surface area (Å²) in [5.74, 6) is 2.48. The number of benzene rings is 2. The van der Waals surface area contributed by atoms with E-state index in [1.165, 1.54) is 12.8 Å². The second kappa shape index (κ2) is 9.51. The normalized spacial score (nSPS) is 16.5. The van der Waals surface area contributed by atoms with Crippen molar-refractivity contribution in [3.05, 3.63) is 47.5 Å². The van der Waals surface area contributed by atoms with Crippen molar-refractivity contribution in [2.24, 2.45) is 13.0 Å². The number of aromatic nitrogens is 3. The third kappa shape index (κ3) is 4.28. The number of hydrogen-bond donors (Lipinski definition) is 0. The second-order valence-corrected chi connectivity index (χ2v) is 10.7. The first-order chi connectivity index (χ1) is 18.0. The number of alkyl halides is 1. The third-order valence-corrected chi connectivity index (χ3v) is 7.99. The standard InChI is InChI=1S/C30H35FN4O2/c1-4-19(2)37-27-8-5-7-22-16-26(35(28(22)27)18-20-9-10-20)29-32-24-17-23-21(15-25(24)33(29)3)11-14-34(30(23)36)13-6-12-31/h5,7-8,15-17,19-20H,4,6,9-14,18H2,1-3H3. The molecule has 37 heavy (non-hydrogen) atoms. The summed E-state index contributed by atoms with van der Waals surface area (Å²) in [7, 11) is 2.06. The molecule has 1 unspecified atom stereocenters. The summed E-state index contributed by atoms with van der Waals surface area (Å²) in [5, 5.41) is 1.15. The lowest BCUT2D eigenvalue weighted by atomic mass is 9.98. The first-order valence-corrected chi connectivity index (χ1v) is 13.6. The molecule has 6 nitrogen and oxygen atoms in total. The molecule has 1 amide bonds. The average Bonchev–Trinajstić information content (AvgIpc) is 3.57. The van der Waals surface area contributed by atoms with Crippen LogP contribution in [0.5, 0.6) is 5.75 Å². The van der Waals surface area contributed by atoms with Crippen LogP contribution in [0.25, 0.3) is 33.5 Å². The topological polar surface area (TPSA) is 52.3 Å². The summed E-state index contributed by atoms with van der Waals surface area (Å²) in [6.45, 7) is 5.89. The predicted octanol–water partition coefficient (Wildman–Crippen LogP) is 6.14. The molecule has 2 aliphatic rings. The van der Waals surface area contributed by atoms with Gasteiger partial charge in [0, 0.05) is 37.6 Å². The number of fused-ring (bicyclic) bond motifs is 3. The molecule has 194 valence electrons. The number of hydrogen-bond acceptors (Lipinski definition) is 3. The lowest BCUT2D eigenvalue weighted by molar-refractivity contribution is 0.0735. The van der Waals surface area contributed by atoms with Gasteiger partial charge in [0.2, 0.25) is 0 Å². The van der Waals surface area contributed by atoms with Crippen molar-refractivity contribution >= 4 is 27.8 Å². The summed E-state index contributed by atoms with van der Waals surface area (Å²) in [5.41, 5.74) is 5.80. The van der Waals surface area contributed by atoms with Gasteiger partial charge >= 0.3 is 0 Å². The lowest BCUT2D eigenvalue weighted by Crippen LogP contribution is -2.38. The molecule has 7 heteroatoms. The Morgan fingerprint density at radius 3 is 2.81 bits per heavy atom. The molecule has 1 aliphatic heterocycles. The van der Waals surface area contributed by atoms with Crippen LogP contribution >= 0.6 is 0 Å². The van der Waals surface area contributed by atoms with E-state index in [0.29, 0.717) is 31.0 Å². The van der Waals surface area contributed by atoms with Gasteiger partial charge in [-0.25, -0.2) is 4.98 Å². The second-order valence-electron chi connectivity index (χ2n) is 10.7. The molecule has 0 N–H and O–H groups in total. The highest BCUT2D eigenvalue weighted by molar-refractivity contribution is 6.00. The van der Waals surface area contributed by atoms with Gasteiger partial charge in [0.15, 0.2) is 5.82 Å². The molecule has 6 rings (SSSR count). The number of aryl methyl sites for hydroxylation is 1. The highest BCUT2D eigenvalue weighted by Crippen LogP contribution is 2.39. The van der Waals surface area contributed by atoms with Gasteiger partial charge < -0.3 is 18.8 Å². The van der Waals surface area contributed by atoms with E-state index in [0.717, 1.165) is 64.2 Å². The van der Waals surface area contributed by atoms with Crippen LogP contribution in [0.2, 0.25) is 0 Å². The van der Waals surface area contributed by atoms with Crippen molar-refractivity contribution in [2.45, 2.75) is 58.6 Å². The Kier molecular flexibility index (Phi) is 6.17. The van der Waals surface area contributed by atoms with Gasteiger partial charge in [-0.15, -0.1) is 0 Å². The zero-order valence-corrected chi connectivity index (χ0v) is 22.0. The number of ether oxygens (including phenoxy) is 1. The minimum atomic E-state index is -0.405. The van der Waals surface area contributed by atoms with Gasteiger partial charge in [0.25, 0.3) is 5.91 Å². The zero-order chi connectivity index (χ0) is 25.7. The fraction of sp³-hybridized carbons (Fsp3) is 0.467. The van der Waals surface area contributed by atoms with E-state index in [2.05, 4.69) is 60.4 Å². The average molecular weight is 503 g/mol. The number of halogens is 1. The minimum Gasteiger partial charge on any atom is -0.489 e. The lowest BCUT2D eigenvalue weighted by Gasteiger charge is -2.28. The molecule has 0 spiro atoms. The number of rotatable bonds is 9. The van der Waals surface area contributed by atoms with Crippen molar-refractivity contribution in [1.82, 2.24) is 19.0 Å². The summed E-state index contributed by atoms with van der Waals surface area (Å²) >= 11 is 0. The van der Waals surface area contributed by atoms with Crippen LogP contribution in [-0.2, 0) is 20.0 Å². The Morgan fingerprint density at radius 1 is 1.22 bits per heavy atom. The van der Waals surface area contributed by atoms with Gasteiger partial charge in [0.1, 0.15) is 5.75 Å². The van der Waals surface area contributed by atoms with E-state index < -0.39 is 6.67 Å². The predicted molar refractivity (Wildman–Crippen MR) is 145 cm³/mol. The maximum atomic E-state index is 13.1. The van der Waals surface area contributed by atoms with Crippen LogP contribution in [0.1, 0.15) is 55.5 Å². The highest BCUT2D eigenvalue weighted by Gasteiger charge is 2.29. The minimum absolute atomic E-state index is 0.0153.